The van der Waals surface area contributed by atoms with E-state index in [4.69, 9.17) is 0 Å². The number of benzene rings is 1. The van der Waals surface area contributed by atoms with Gasteiger partial charge in [0.15, 0.2) is 0 Å². The molecule has 9 heteroatoms. The molecule has 0 aliphatic rings. The van der Waals surface area contributed by atoms with Crippen LogP contribution in [0.2, 0.25) is 0 Å². The molecule has 4 nitrogen and oxygen atoms in total. The van der Waals surface area contributed by atoms with Gasteiger partial charge in [-0.15, -0.1) is 22.7 Å². The van der Waals surface area contributed by atoms with Gasteiger partial charge in [-0.05, 0) is 47.1 Å². The molecule has 0 saturated carbocycles. The number of rotatable bonds is 6. The van der Waals surface area contributed by atoms with E-state index >= 15 is 0 Å². The Balaban J connectivity index is 2.03. The van der Waals surface area contributed by atoms with Crippen molar-refractivity contribution in [2.75, 3.05) is 6.54 Å². The highest BCUT2D eigenvalue weighted by Crippen LogP contribution is 2.31. The Bertz CT molecular complexity index is 978. The van der Waals surface area contributed by atoms with Crippen LogP contribution in [0.3, 0.4) is 0 Å². The standard InChI is InChI=1S/C17H14BrF2N3OS2/c1-2-21-17-23(12(10-25-17)14-7-8-15(18)26-14)22-9-11-5-3-4-6-13(11)24-16(19)20/h3-10,16H,2H2,1H3. The fourth-order valence-corrected chi connectivity index (χ4v) is 4.54. The number of hydrogen-bond donors (Lipinski definition) is 0. The molecule has 0 saturated heterocycles. The van der Waals surface area contributed by atoms with E-state index in [2.05, 4.69) is 30.8 Å². The van der Waals surface area contributed by atoms with Crippen LogP contribution in [0.4, 0.5) is 8.78 Å². The zero-order valence-corrected chi connectivity index (χ0v) is 16.8. The van der Waals surface area contributed by atoms with E-state index in [9.17, 15) is 8.78 Å². The van der Waals surface area contributed by atoms with Gasteiger partial charge in [-0.2, -0.15) is 13.9 Å². The molecule has 0 unspecified atom stereocenters. The monoisotopic (exact) mass is 457 g/mol. The van der Waals surface area contributed by atoms with Gasteiger partial charge in [-0.25, -0.2) is 4.68 Å². The largest absolute Gasteiger partial charge is 0.434 e. The number of thiophene rings is 1. The second-order valence-electron chi connectivity index (χ2n) is 4.95. The third-order valence-electron chi connectivity index (χ3n) is 3.25. The van der Waals surface area contributed by atoms with Gasteiger partial charge in [0.2, 0.25) is 4.80 Å². The topological polar surface area (TPSA) is 38.9 Å². The minimum atomic E-state index is -2.89. The van der Waals surface area contributed by atoms with Crippen molar-refractivity contribution in [3.8, 4) is 16.3 Å². The van der Waals surface area contributed by atoms with Crippen molar-refractivity contribution in [3.63, 3.8) is 0 Å². The van der Waals surface area contributed by atoms with Gasteiger partial charge in [0.25, 0.3) is 0 Å². The lowest BCUT2D eigenvalue weighted by Gasteiger charge is -2.07. The van der Waals surface area contributed by atoms with E-state index in [-0.39, 0.29) is 5.75 Å². The predicted molar refractivity (Wildman–Crippen MR) is 105 cm³/mol. The van der Waals surface area contributed by atoms with Crippen LogP contribution in [0.5, 0.6) is 5.75 Å². The van der Waals surface area contributed by atoms with Crippen LogP contribution in [0, 0.1) is 0 Å². The fraction of sp³-hybridized carbons (Fsp3) is 0.176. The molecule has 26 heavy (non-hydrogen) atoms. The third-order valence-corrected chi connectivity index (χ3v) is 5.75. The highest BCUT2D eigenvalue weighted by molar-refractivity contribution is 9.11. The summed E-state index contributed by atoms with van der Waals surface area (Å²) in [6.07, 6.45) is 1.51. The van der Waals surface area contributed by atoms with E-state index in [0.29, 0.717) is 12.1 Å². The smallest absolute Gasteiger partial charge is 0.387 e. The second-order valence-corrected chi connectivity index (χ2v) is 8.25. The molecule has 2 aromatic heterocycles. The first-order valence-electron chi connectivity index (χ1n) is 7.63. The van der Waals surface area contributed by atoms with E-state index in [1.165, 1.54) is 23.6 Å². The Morgan fingerprint density at radius 1 is 1.27 bits per heavy atom. The minimum Gasteiger partial charge on any atom is -0.434 e. The summed E-state index contributed by atoms with van der Waals surface area (Å²) in [5.41, 5.74) is 1.36. The predicted octanol–water partition coefficient (Wildman–Crippen LogP) is 5.44. The molecule has 3 rings (SSSR count). The Hall–Kier alpha value is -1.84. The second kappa shape index (κ2) is 8.70. The molecule has 136 valence electrons. The minimum absolute atomic E-state index is 0.0801. The highest BCUT2D eigenvalue weighted by atomic mass is 79.9. The third kappa shape index (κ3) is 4.46. The van der Waals surface area contributed by atoms with Gasteiger partial charge in [0, 0.05) is 17.5 Å². The maximum Gasteiger partial charge on any atom is 0.387 e. The molecular formula is C17H14BrF2N3OS2. The normalized spacial score (nSPS) is 12.4. The first kappa shape index (κ1) is 18.9. The summed E-state index contributed by atoms with van der Waals surface area (Å²) in [6, 6.07) is 10.5. The molecule has 0 fully saturated rings. The van der Waals surface area contributed by atoms with E-state index in [1.807, 2.05) is 24.4 Å². The van der Waals surface area contributed by atoms with Gasteiger partial charge < -0.3 is 4.74 Å². The first-order chi connectivity index (χ1) is 12.6. The van der Waals surface area contributed by atoms with Crippen LogP contribution in [-0.4, -0.2) is 24.0 Å². The van der Waals surface area contributed by atoms with E-state index < -0.39 is 6.61 Å². The van der Waals surface area contributed by atoms with Crippen molar-refractivity contribution in [2.24, 2.45) is 10.1 Å². The number of ether oxygens (including phenoxy) is 1. The molecule has 1 aromatic carbocycles. The Morgan fingerprint density at radius 2 is 2.08 bits per heavy atom. The average molecular weight is 458 g/mol. The number of nitrogens with zero attached hydrogens (tertiary/aromatic N) is 3. The Morgan fingerprint density at radius 3 is 2.77 bits per heavy atom. The lowest BCUT2D eigenvalue weighted by Crippen LogP contribution is -2.12. The molecule has 2 heterocycles. The number of hydrogen-bond acceptors (Lipinski definition) is 5. The van der Waals surface area contributed by atoms with Crippen molar-refractivity contribution in [1.29, 1.82) is 0 Å². The quantitative estimate of drug-likeness (QED) is 0.453. The van der Waals surface area contributed by atoms with Gasteiger partial charge >= 0.3 is 6.61 Å². The molecule has 0 aliphatic heterocycles. The Kier molecular flexibility index (Phi) is 6.33. The first-order valence-corrected chi connectivity index (χ1v) is 10.1. The van der Waals surface area contributed by atoms with Gasteiger partial charge in [-0.3, -0.25) is 4.99 Å². The summed E-state index contributed by atoms with van der Waals surface area (Å²) in [7, 11) is 0. The van der Waals surface area contributed by atoms with Crippen molar-refractivity contribution in [3.05, 3.63) is 55.9 Å². The van der Waals surface area contributed by atoms with Gasteiger partial charge in [0.1, 0.15) is 5.75 Å². The van der Waals surface area contributed by atoms with Crippen LogP contribution in [0.25, 0.3) is 10.6 Å². The molecule has 0 spiro atoms. The summed E-state index contributed by atoms with van der Waals surface area (Å²) in [6.45, 7) is -0.321. The van der Waals surface area contributed by atoms with Crippen LogP contribution in [0.1, 0.15) is 12.5 Å². The van der Waals surface area contributed by atoms with Crippen LogP contribution in [0.15, 0.2) is 55.7 Å². The summed E-state index contributed by atoms with van der Waals surface area (Å²) in [5, 5.41) is 6.46. The van der Waals surface area contributed by atoms with Crippen LogP contribution in [-0.2, 0) is 0 Å². The Labute approximate surface area is 165 Å². The molecular weight excluding hydrogens is 444 g/mol. The number of thiazole rings is 1. The van der Waals surface area contributed by atoms with Crippen molar-refractivity contribution < 1.29 is 13.5 Å². The number of para-hydroxylation sites is 1. The number of alkyl halides is 2. The summed E-state index contributed by atoms with van der Waals surface area (Å²) < 4.78 is 32.4. The van der Waals surface area contributed by atoms with Crippen molar-refractivity contribution in [1.82, 2.24) is 4.68 Å². The molecule has 0 N–H and O–H groups in total. The van der Waals surface area contributed by atoms with Gasteiger partial charge in [0.05, 0.1) is 20.6 Å². The van der Waals surface area contributed by atoms with Crippen molar-refractivity contribution >= 4 is 44.8 Å². The van der Waals surface area contributed by atoms with E-state index in [0.717, 1.165) is 19.2 Å². The zero-order valence-electron chi connectivity index (χ0n) is 13.6. The molecule has 3 aromatic rings. The maximum atomic E-state index is 12.6. The lowest BCUT2D eigenvalue weighted by molar-refractivity contribution is -0.0499. The fourth-order valence-electron chi connectivity index (χ4n) is 2.19. The number of aromatic nitrogens is 1. The molecule has 0 bridgehead atoms. The zero-order chi connectivity index (χ0) is 18.5. The molecule has 0 radical (unpaired) electrons. The van der Waals surface area contributed by atoms with E-state index in [1.54, 1.807) is 34.2 Å². The number of halogens is 3. The van der Waals surface area contributed by atoms with Crippen molar-refractivity contribution in [2.45, 2.75) is 13.5 Å². The molecule has 0 amide bonds. The van der Waals surface area contributed by atoms with Crippen LogP contribution >= 0.6 is 38.6 Å². The van der Waals surface area contributed by atoms with Crippen LogP contribution < -0.4 is 9.54 Å². The molecule has 0 atom stereocenters. The summed E-state index contributed by atoms with van der Waals surface area (Å²) in [4.78, 5) is 6.21. The highest BCUT2D eigenvalue weighted by Gasteiger charge is 2.11. The SMILES string of the molecule is CCN=c1scc(-c2ccc(Br)s2)n1N=Cc1ccccc1OC(F)F. The van der Waals surface area contributed by atoms with Gasteiger partial charge in [-0.1, -0.05) is 12.1 Å². The summed E-state index contributed by atoms with van der Waals surface area (Å²) in [5.74, 6) is 0.0801. The lowest BCUT2D eigenvalue weighted by atomic mass is 10.2. The maximum absolute atomic E-state index is 12.6. The average Bonchev–Trinajstić information content (AvgIpc) is 3.20. The molecule has 0 aliphatic carbocycles. The summed E-state index contributed by atoms with van der Waals surface area (Å²) >= 11 is 6.52.